The number of rotatable bonds is 5. The average molecular weight is 436 g/mol. The summed E-state index contributed by atoms with van der Waals surface area (Å²) in [6, 6.07) is 25.9. The summed E-state index contributed by atoms with van der Waals surface area (Å²) in [4.78, 5) is 11.2. The average Bonchev–Trinajstić information content (AvgIpc) is 2.89. The molecule has 3 aromatic carbocycles. The second-order valence-corrected chi connectivity index (χ2v) is 7.98. The van der Waals surface area contributed by atoms with Crippen LogP contribution in [-0.4, -0.2) is 16.5 Å². The van der Waals surface area contributed by atoms with Crippen LogP contribution in [0.3, 0.4) is 0 Å². The third kappa shape index (κ3) is 4.26. The van der Waals surface area contributed by atoms with E-state index in [2.05, 4.69) is 44.5 Å². The fraction of sp³-hybridized carbons (Fsp3) is 0.148. The first-order valence-corrected chi connectivity index (χ1v) is 10.8. The van der Waals surface area contributed by atoms with Crippen LogP contribution in [0, 0.1) is 11.3 Å². The first-order valence-electron chi connectivity index (χ1n) is 10.8. The molecule has 162 valence electrons. The largest absolute Gasteiger partial charge is 0.365 e. The maximum Gasteiger partial charge on any atom is 0.137 e. The Bertz CT molecular complexity index is 1330. The lowest BCUT2D eigenvalue weighted by molar-refractivity contribution is 0.484. The van der Waals surface area contributed by atoms with E-state index in [1.54, 1.807) is 18.5 Å². The summed E-state index contributed by atoms with van der Waals surface area (Å²) in [7, 11) is 0. The zero-order valence-corrected chi connectivity index (χ0v) is 18.0. The third-order valence-corrected chi connectivity index (χ3v) is 5.96. The van der Waals surface area contributed by atoms with Gasteiger partial charge in [0.1, 0.15) is 18.8 Å². The van der Waals surface area contributed by atoms with Crippen molar-refractivity contribution in [2.24, 2.45) is 0 Å². The van der Waals surface area contributed by atoms with Crippen LogP contribution in [0.15, 0.2) is 79.1 Å². The Morgan fingerprint density at radius 3 is 2.64 bits per heavy atom. The Labute approximate surface area is 192 Å². The number of nitriles is 1. The second-order valence-electron chi connectivity index (χ2n) is 7.98. The highest BCUT2D eigenvalue weighted by Crippen LogP contribution is 2.30. The lowest BCUT2D eigenvalue weighted by Gasteiger charge is -2.31. The summed E-state index contributed by atoms with van der Waals surface area (Å²) in [5.41, 5.74) is 7.02. The van der Waals surface area contributed by atoms with E-state index in [0.29, 0.717) is 17.7 Å². The normalized spacial score (nSPS) is 12.7. The van der Waals surface area contributed by atoms with Gasteiger partial charge in [-0.25, -0.2) is 14.4 Å². The van der Waals surface area contributed by atoms with Gasteiger partial charge in [0, 0.05) is 29.0 Å². The number of halogens is 1. The van der Waals surface area contributed by atoms with E-state index in [1.165, 1.54) is 0 Å². The summed E-state index contributed by atoms with van der Waals surface area (Å²) < 4.78 is 13.4. The fourth-order valence-electron chi connectivity index (χ4n) is 4.22. The van der Waals surface area contributed by atoms with Crippen molar-refractivity contribution in [3.8, 4) is 17.2 Å². The summed E-state index contributed by atoms with van der Waals surface area (Å²) >= 11 is 0. The second kappa shape index (κ2) is 9.09. The van der Waals surface area contributed by atoms with Crippen molar-refractivity contribution in [3.63, 3.8) is 0 Å². The molecule has 2 heterocycles. The highest BCUT2D eigenvalue weighted by Gasteiger charge is 2.22. The van der Waals surface area contributed by atoms with Gasteiger partial charge in [-0.1, -0.05) is 42.5 Å². The smallest absolute Gasteiger partial charge is 0.137 e. The minimum Gasteiger partial charge on any atom is -0.365 e. The molecular weight excluding hydrogens is 413 g/mol. The Morgan fingerprint density at radius 1 is 0.970 bits per heavy atom. The minimum atomic E-state index is -0.653. The first kappa shape index (κ1) is 20.7. The third-order valence-electron chi connectivity index (χ3n) is 5.96. The van der Waals surface area contributed by atoms with Gasteiger partial charge >= 0.3 is 0 Å². The Balaban J connectivity index is 1.39. The topological polar surface area (TPSA) is 64.8 Å². The zero-order valence-electron chi connectivity index (χ0n) is 18.0. The summed E-state index contributed by atoms with van der Waals surface area (Å²) in [6.45, 7) is 0.713. The Kier molecular flexibility index (Phi) is 5.69. The molecule has 0 saturated carbocycles. The molecule has 5 rings (SSSR count). The molecule has 0 aliphatic carbocycles. The van der Waals surface area contributed by atoms with Gasteiger partial charge < -0.3 is 10.2 Å². The fourth-order valence-corrected chi connectivity index (χ4v) is 4.22. The van der Waals surface area contributed by atoms with Crippen molar-refractivity contribution in [1.82, 2.24) is 9.97 Å². The van der Waals surface area contributed by atoms with E-state index in [0.717, 1.165) is 52.5 Å². The molecule has 1 aliphatic heterocycles. The molecular formula is C27H22FN5. The predicted molar refractivity (Wildman–Crippen MR) is 128 cm³/mol. The molecule has 0 fully saturated rings. The van der Waals surface area contributed by atoms with Gasteiger partial charge in [-0.2, -0.15) is 5.26 Å². The van der Waals surface area contributed by atoms with E-state index in [1.807, 2.05) is 42.5 Å². The van der Waals surface area contributed by atoms with Gasteiger partial charge in [-0.05, 0) is 47.9 Å². The highest BCUT2D eigenvalue weighted by molar-refractivity contribution is 5.71. The lowest BCUT2D eigenvalue weighted by atomic mass is 10.0. The van der Waals surface area contributed by atoms with Gasteiger partial charge in [0.2, 0.25) is 0 Å². The minimum absolute atomic E-state index is 0.380. The van der Waals surface area contributed by atoms with Crippen molar-refractivity contribution in [2.75, 3.05) is 16.8 Å². The predicted octanol–water partition coefficient (Wildman–Crippen LogP) is 5.79. The number of hydrogen-bond donors (Lipinski definition) is 1. The van der Waals surface area contributed by atoms with Crippen LogP contribution in [0.4, 0.5) is 21.6 Å². The molecule has 5 nitrogen and oxygen atoms in total. The number of benzene rings is 3. The van der Waals surface area contributed by atoms with Crippen LogP contribution in [0.5, 0.6) is 0 Å². The maximum absolute atomic E-state index is 13.4. The van der Waals surface area contributed by atoms with Gasteiger partial charge in [-0.3, -0.25) is 0 Å². The van der Waals surface area contributed by atoms with Gasteiger partial charge in [0.05, 0.1) is 23.9 Å². The molecule has 33 heavy (non-hydrogen) atoms. The van der Waals surface area contributed by atoms with Crippen LogP contribution < -0.4 is 10.2 Å². The SMILES string of the molecule is N#Cc1ccc(N2CCc3c(ncnc3Nc3cccc(-c4ccccc4)c3)C2)cc1CF. The molecule has 0 unspecified atom stereocenters. The van der Waals surface area contributed by atoms with E-state index >= 15 is 0 Å². The number of hydrogen-bond acceptors (Lipinski definition) is 5. The van der Waals surface area contributed by atoms with Crippen LogP contribution >= 0.6 is 0 Å². The van der Waals surface area contributed by atoms with E-state index in [4.69, 9.17) is 5.26 Å². The van der Waals surface area contributed by atoms with Crippen molar-refractivity contribution in [3.05, 3.63) is 102 Å². The van der Waals surface area contributed by atoms with Crippen LogP contribution in [0.2, 0.25) is 0 Å². The molecule has 0 bridgehead atoms. The van der Waals surface area contributed by atoms with Gasteiger partial charge in [0.15, 0.2) is 0 Å². The molecule has 0 saturated heterocycles. The lowest BCUT2D eigenvalue weighted by Crippen LogP contribution is -2.31. The van der Waals surface area contributed by atoms with Crippen LogP contribution in [0.1, 0.15) is 22.4 Å². The molecule has 0 atom stereocenters. The number of nitrogens with zero attached hydrogens (tertiary/aromatic N) is 4. The van der Waals surface area contributed by atoms with E-state index < -0.39 is 6.67 Å². The molecule has 6 heteroatoms. The monoisotopic (exact) mass is 435 g/mol. The summed E-state index contributed by atoms with van der Waals surface area (Å²) in [6.07, 6.45) is 2.35. The van der Waals surface area contributed by atoms with Crippen molar-refractivity contribution < 1.29 is 4.39 Å². The number of anilines is 3. The summed E-state index contributed by atoms with van der Waals surface area (Å²) in [5.74, 6) is 0.814. The van der Waals surface area contributed by atoms with E-state index in [9.17, 15) is 4.39 Å². The molecule has 0 radical (unpaired) electrons. The maximum atomic E-state index is 13.4. The van der Waals surface area contributed by atoms with Crippen molar-refractivity contribution in [1.29, 1.82) is 5.26 Å². The Hall–Kier alpha value is -4.24. The number of alkyl halides is 1. The molecule has 1 aromatic heterocycles. The summed E-state index contributed by atoms with van der Waals surface area (Å²) in [5, 5.41) is 12.6. The van der Waals surface area contributed by atoms with Crippen LogP contribution in [0.25, 0.3) is 11.1 Å². The molecule has 4 aromatic rings. The molecule has 0 amide bonds. The zero-order chi connectivity index (χ0) is 22.6. The number of fused-ring (bicyclic) bond motifs is 1. The van der Waals surface area contributed by atoms with Gasteiger partial charge in [-0.15, -0.1) is 0 Å². The molecule has 1 aliphatic rings. The number of nitrogens with one attached hydrogen (secondary N) is 1. The highest BCUT2D eigenvalue weighted by atomic mass is 19.1. The van der Waals surface area contributed by atoms with Crippen LogP contribution in [-0.2, 0) is 19.6 Å². The van der Waals surface area contributed by atoms with Crippen molar-refractivity contribution in [2.45, 2.75) is 19.6 Å². The molecule has 1 N–H and O–H groups in total. The number of aromatic nitrogens is 2. The first-order chi connectivity index (χ1) is 16.2. The molecule has 0 spiro atoms. The quantitative estimate of drug-likeness (QED) is 0.430. The van der Waals surface area contributed by atoms with Crippen molar-refractivity contribution >= 4 is 17.2 Å². The van der Waals surface area contributed by atoms with Gasteiger partial charge in [0.25, 0.3) is 0 Å². The van der Waals surface area contributed by atoms with E-state index in [-0.39, 0.29) is 0 Å². The Morgan fingerprint density at radius 2 is 1.82 bits per heavy atom. The standard InChI is InChI=1S/C27H22FN5/c28-15-22-14-24(10-9-21(22)16-29)33-12-11-25-26(17-33)30-18-31-27(25)32-23-8-4-7-20(13-23)19-5-2-1-3-6-19/h1-10,13-14,18H,11-12,15,17H2,(H,30,31,32).